The van der Waals surface area contributed by atoms with E-state index in [2.05, 4.69) is 0 Å². The number of hydrogen-bond acceptors (Lipinski definition) is 2. The fraction of sp³-hybridized carbons (Fsp3) is 0.200. The molecule has 0 fully saturated rings. The summed E-state index contributed by atoms with van der Waals surface area (Å²) in [5.74, 6) is -0.178. The van der Waals surface area contributed by atoms with Gasteiger partial charge in [0.25, 0.3) is 5.91 Å². The third kappa shape index (κ3) is 2.48. The molecule has 72 valence electrons. The number of nitriles is 1. The molecule has 0 saturated heterocycles. The first kappa shape index (κ1) is 10.6. The van der Waals surface area contributed by atoms with Crippen LogP contribution >= 0.6 is 11.6 Å². The summed E-state index contributed by atoms with van der Waals surface area (Å²) in [7, 11) is 1.58. The van der Waals surface area contributed by atoms with E-state index in [1.54, 1.807) is 31.3 Å². The van der Waals surface area contributed by atoms with Crippen LogP contribution in [-0.2, 0) is 0 Å². The molecule has 0 aromatic heterocycles. The van der Waals surface area contributed by atoms with E-state index in [-0.39, 0.29) is 12.5 Å². The smallest absolute Gasteiger partial charge is 0.254 e. The number of nitrogens with zero attached hydrogens (tertiary/aromatic N) is 2. The summed E-state index contributed by atoms with van der Waals surface area (Å²) in [5, 5.41) is 9.00. The van der Waals surface area contributed by atoms with E-state index < -0.39 is 0 Å². The highest BCUT2D eigenvalue weighted by molar-refractivity contribution is 6.30. The highest BCUT2D eigenvalue weighted by Gasteiger charge is 2.09. The van der Waals surface area contributed by atoms with E-state index >= 15 is 0 Å². The highest BCUT2D eigenvalue weighted by Crippen LogP contribution is 2.10. The fourth-order valence-corrected chi connectivity index (χ4v) is 1.12. The lowest BCUT2D eigenvalue weighted by atomic mass is 10.2. The van der Waals surface area contributed by atoms with Crippen LogP contribution in [0.4, 0.5) is 0 Å². The number of carbonyl (C=O) groups is 1. The van der Waals surface area contributed by atoms with Crippen LogP contribution < -0.4 is 0 Å². The summed E-state index contributed by atoms with van der Waals surface area (Å²) < 4.78 is 0. The lowest BCUT2D eigenvalue weighted by Crippen LogP contribution is -2.26. The summed E-state index contributed by atoms with van der Waals surface area (Å²) in [5.41, 5.74) is 0.534. The lowest BCUT2D eigenvalue weighted by Gasteiger charge is -2.12. The van der Waals surface area contributed by atoms with Crippen LogP contribution in [0.3, 0.4) is 0 Å². The van der Waals surface area contributed by atoms with Crippen LogP contribution in [0.25, 0.3) is 0 Å². The van der Waals surface area contributed by atoms with Gasteiger partial charge in [0.2, 0.25) is 0 Å². The van der Waals surface area contributed by atoms with Crippen molar-refractivity contribution in [2.75, 3.05) is 13.6 Å². The van der Waals surface area contributed by atoms with Crippen molar-refractivity contribution >= 4 is 17.5 Å². The highest BCUT2D eigenvalue weighted by atomic mass is 35.5. The molecule has 1 rings (SSSR count). The Hall–Kier alpha value is -1.53. The molecule has 0 aliphatic carbocycles. The van der Waals surface area contributed by atoms with Gasteiger partial charge in [-0.25, -0.2) is 0 Å². The van der Waals surface area contributed by atoms with Gasteiger partial charge in [-0.05, 0) is 24.3 Å². The van der Waals surface area contributed by atoms with Gasteiger partial charge in [0, 0.05) is 17.6 Å². The Labute approximate surface area is 87.5 Å². The Morgan fingerprint density at radius 2 is 2.07 bits per heavy atom. The average molecular weight is 209 g/mol. The normalized spacial score (nSPS) is 9.21. The molecule has 0 aliphatic heterocycles. The van der Waals surface area contributed by atoms with Gasteiger partial charge < -0.3 is 4.90 Å². The molecule has 0 unspecified atom stereocenters. The minimum Gasteiger partial charge on any atom is -0.328 e. The topological polar surface area (TPSA) is 44.1 Å². The van der Waals surface area contributed by atoms with E-state index in [1.807, 2.05) is 6.07 Å². The standard InChI is InChI=1S/C10H9ClN2O/c1-13(7-6-12)10(14)8-2-4-9(11)5-3-8/h2-5H,7H2,1H3. The van der Waals surface area contributed by atoms with Crippen LogP contribution in [0.2, 0.25) is 5.02 Å². The predicted octanol–water partition coefficient (Wildman–Crippen LogP) is 1.94. The summed E-state index contributed by atoms with van der Waals surface area (Å²) in [4.78, 5) is 12.9. The summed E-state index contributed by atoms with van der Waals surface area (Å²) in [6.45, 7) is 0.0848. The maximum Gasteiger partial charge on any atom is 0.254 e. The molecule has 14 heavy (non-hydrogen) atoms. The number of carbonyl (C=O) groups excluding carboxylic acids is 1. The number of halogens is 1. The minimum atomic E-state index is -0.178. The first-order valence-corrected chi connectivity index (χ1v) is 4.41. The monoisotopic (exact) mass is 208 g/mol. The summed E-state index contributed by atoms with van der Waals surface area (Å²) in [6, 6.07) is 8.48. The van der Waals surface area contributed by atoms with Crippen LogP contribution in [0.5, 0.6) is 0 Å². The van der Waals surface area contributed by atoms with Crippen LogP contribution in [0.15, 0.2) is 24.3 Å². The van der Waals surface area contributed by atoms with Crippen molar-refractivity contribution < 1.29 is 4.79 Å². The Kier molecular flexibility index (Phi) is 3.49. The molecule has 1 aromatic carbocycles. The molecule has 0 heterocycles. The second-order valence-electron chi connectivity index (χ2n) is 2.83. The van der Waals surface area contributed by atoms with Gasteiger partial charge in [-0.1, -0.05) is 11.6 Å². The van der Waals surface area contributed by atoms with Gasteiger partial charge >= 0.3 is 0 Å². The molecule has 0 spiro atoms. The van der Waals surface area contributed by atoms with E-state index in [4.69, 9.17) is 16.9 Å². The molecular formula is C10H9ClN2O. The van der Waals surface area contributed by atoms with Gasteiger partial charge in [-0.15, -0.1) is 0 Å². The zero-order valence-corrected chi connectivity index (χ0v) is 8.45. The average Bonchev–Trinajstić information content (AvgIpc) is 2.18. The van der Waals surface area contributed by atoms with Crippen LogP contribution in [-0.4, -0.2) is 24.4 Å². The zero-order chi connectivity index (χ0) is 10.6. The number of benzene rings is 1. The molecule has 0 atom stereocenters. The Bertz CT molecular complexity index is 367. The predicted molar refractivity (Wildman–Crippen MR) is 54.0 cm³/mol. The Morgan fingerprint density at radius 1 is 1.50 bits per heavy atom. The largest absolute Gasteiger partial charge is 0.328 e. The van der Waals surface area contributed by atoms with E-state index in [0.29, 0.717) is 10.6 Å². The van der Waals surface area contributed by atoms with Gasteiger partial charge in [0.15, 0.2) is 0 Å². The van der Waals surface area contributed by atoms with Crippen molar-refractivity contribution in [3.05, 3.63) is 34.9 Å². The van der Waals surface area contributed by atoms with Crippen molar-refractivity contribution in [1.29, 1.82) is 5.26 Å². The van der Waals surface area contributed by atoms with E-state index in [1.165, 1.54) is 4.90 Å². The minimum absolute atomic E-state index is 0.0848. The second-order valence-corrected chi connectivity index (χ2v) is 3.26. The second kappa shape index (κ2) is 4.64. The van der Waals surface area contributed by atoms with Gasteiger partial charge in [0.1, 0.15) is 6.54 Å². The van der Waals surface area contributed by atoms with E-state index in [9.17, 15) is 4.79 Å². The third-order valence-electron chi connectivity index (χ3n) is 1.75. The Balaban J connectivity index is 2.80. The van der Waals surface area contributed by atoms with Gasteiger partial charge in [-0.3, -0.25) is 4.79 Å². The molecule has 0 N–H and O–H groups in total. The molecule has 1 aromatic rings. The fourth-order valence-electron chi connectivity index (χ4n) is 0.991. The third-order valence-corrected chi connectivity index (χ3v) is 2.00. The lowest BCUT2D eigenvalue weighted by molar-refractivity contribution is 0.0812. The number of rotatable bonds is 2. The van der Waals surface area contributed by atoms with Crippen molar-refractivity contribution in [2.24, 2.45) is 0 Å². The molecule has 0 saturated carbocycles. The SMILES string of the molecule is CN(CC#N)C(=O)c1ccc(Cl)cc1. The van der Waals surface area contributed by atoms with Crippen molar-refractivity contribution in [3.63, 3.8) is 0 Å². The molecule has 0 bridgehead atoms. The van der Waals surface area contributed by atoms with Crippen LogP contribution in [0, 0.1) is 11.3 Å². The summed E-state index contributed by atoms with van der Waals surface area (Å²) in [6.07, 6.45) is 0. The van der Waals surface area contributed by atoms with Gasteiger partial charge in [0.05, 0.1) is 6.07 Å². The number of hydrogen-bond donors (Lipinski definition) is 0. The van der Waals surface area contributed by atoms with Crippen molar-refractivity contribution in [3.8, 4) is 6.07 Å². The molecular weight excluding hydrogens is 200 g/mol. The maximum absolute atomic E-state index is 11.6. The zero-order valence-electron chi connectivity index (χ0n) is 7.70. The molecule has 4 heteroatoms. The molecule has 3 nitrogen and oxygen atoms in total. The van der Waals surface area contributed by atoms with Gasteiger partial charge in [-0.2, -0.15) is 5.26 Å². The molecule has 0 aliphatic rings. The van der Waals surface area contributed by atoms with E-state index in [0.717, 1.165) is 0 Å². The Morgan fingerprint density at radius 3 is 2.57 bits per heavy atom. The molecule has 1 amide bonds. The molecule has 0 radical (unpaired) electrons. The van der Waals surface area contributed by atoms with Crippen molar-refractivity contribution in [2.45, 2.75) is 0 Å². The first-order chi connectivity index (χ1) is 6.65. The summed E-state index contributed by atoms with van der Waals surface area (Å²) >= 11 is 5.68. The maximum atomic E-state index is 11.6. The first-order valence-electron chi connectivity index (χ1n) is 4.03. The van der Waals surface area contributed by atoms with Crippen molar-refractivity contribution in [1.82, 2.24) is 4.90 Å². The quantitative estimate of drug-likeness (QED) is 0.698. The van der Waals surface area contributed by atoms with Crippen LogP contribution in [0.1, 0.15) is 10.4 Å². The number of amides is 1.